The highest BCUT2D eigenvalue weighted by atomic mass is 15.1. The highest BCUT2D eigenvalue weighted by Crippen LogP contribution is 2.30. The molecule has 0 saturated heterocycles. The molecule has 20 heavy (non-hydrogen) atoms. The summed E-state index contributed by atoms with van der Waals surface area (Å²) >= 11 is 0. The molecule has 0 aliphatic heterocycles. The maximum Gasteiger partial charge on any atom is 0.141 e. The van der Waals surface area contributed by atoms with Crippen molar-refractivity contribution in [3.05, 3.63) is 53.1 Å². The van der Waals surface area contributed by atoms with E-state index in [4.69, 9.17) is 10.7 Å². The number of rotatable bonds is 2. The summed E-state index contributed by atoms with van der Waals surface area (Å²) in [6.45, 7) is 4.78. The number of para-hydroxylation sites is 1. The van der Waals surface area contributed by atoms with Gasteiger partial charge in [-0.3, -0.25) is 0 Å². The predicted molar refractivity (Wildman–Crippen MR) is 83.5 cm³/mol. The van der Waals surface area contributed by atoms with Crippen molar-refractivity contribution >= 4 is 11.0 Å². The number of aromatic nitrogens is 2. The minimum absolute atomic E-state index is 0.514. The van der Waals surface area contributed by atoms with E-state index in [-0.39, 0.29) is 0 Å². The van der Waals surface area contributed by atoms with Crippen molar-refractivity contribution in [3.63, 3.8) is 0 Å². The van der Waals surface area contributed by atoms with Gasteiger partial charge in [-0.05, 0) is 36.6 Å². The van der Waals surface area contributed by atoms with Crippen molar-refractivity contribution in [2.45, 2.75) is 20.4 Å². The van der Waals surface area contributed by atoms with Crippen LogP contribution in [-0.2, 0) is 13.6 Å². The molecule has 0 unspecified atom stereocenters. The number of imidazole rings is 1. The van der Waals surface area contributed by atoms with E-state index < -0.39 is 0 Å². The molecule has 0 aliphatic rings. The minimum Gasteiger partial charge on any atom is -0.327 e. The molecule has 0 spiro atoms. The van der Waals surface area contributed by atoms with Gasteiger partial charge in [-0.15, -0.1) is 0 Å². The zero-order chi connectivity index (χ0) is 14.3. The third-order valence-electron chi connectivity index (χ3n) is 3.92. The van der Waals surface area contributed by atoms with Crippen LogP contribution in [0.4, 0.5) is 0 Å². The third-order valence-corrected chi connectivity index (χ3v) is 3.92. The lowest BCUT2D eigenvalue weighted by Crippen LogP contribution is -1.97. The number of nitrogens with two attached hydrogens (primary N) is 1. The van der Waals surface area contributed by atoms with Gasteiger partial charge in [0.25, 0.3) is 0 Å². The monoisotopic (exact) mass is 265 g/mol. The topological polar surface area (TPSA) is 43.8 Å². The molecule has 0 fully saturated rings. The van der Waals surface area contributed by atoms with Crippen LogP contribution in [-0.4, -0.2) is 9.55 Å². The smallest absolute Gasteiger partial charge is 0.141 e. The number of hydrogen-bond donors (Lipinski definition) is 1. The van der Waals surface area contributed by atoms with Crippen molar-refractivity contribution in [1.29, 1.82) is 0 Å². The summed E-state index contributed by atoms with van der Waals surface area (Å²) in [5.41, 5.74) is 12.8. The van der Waals surface area contributed by atoms with Gasteiger partial charge in [0, 0.05) is 19.2 Å². The van der Waals surface area contributed by atoms with Crippen LogP contribution in [0.15, 0.2) is 36.4 Å². The largest absolute Gasteiger partial charge is 0.327 e. The van der Waals surface area contributed by atoms with Crippen molar-refractivity contribution in [3.8, 4) is 11.4 Å². The number of fused-ring (bicyclic) bond motifs is 1. The quantitative estimate of drug-likeness (QED) is 0.772. The van der Waals surface area contributed by atoms with Crippen molar-refractivity contribution in [2.24, 2.45) is 12.8 Å². The first kappa shape index (κ1) is 12.9. The number of benzene rings is 2. The molecule has 2 aromatic carbocycles. The molecular weight excluding hydrogens is 246 g/mol. The minimum atomic E-state index is 0.514. The van der Waals surface area contributed by atoms with Crippen LogP contribution in [0.25, 0.3) is 22.4 Å². The Labute approximate surface area is 119 Å². The summed E-state index contributed by atoms with van der Waals surface area (Å²) in [7, 11) is 2.07. The summed E-state index contributed by atoms with van der Waals surface area (Å²) in [4.78, 5) is 4.86. The Hall–Kier alpha value is -2.13. The maximum absolute atomic E-state index is 5.82. The average molecular weight is 265 g/mol. The standard InChI is InChI=1S/C17H19N3/c1-11-6-4-7-12(2)15(11)17-19-16-13(10-18)8-5-9-14(16)20(17)3/h4-9H,10,18H2,1-3H3. The van der Waals surface area contributed by atoms with E-state index in [0.29, 0.717) is 6.54 Å². The van der Waals surface area contributed by atoms with Crippen molar-refractivity contribution < 1.29 is 0 Å². The number of aryl methyl sites for hydroxylation is 3. The first-order valence-corrected chi connectivity index (χ1v) is 6.84. The van der Waals surface area contributed by atoms with Gasteiger partial charge in [0.05, 0.1) is 11.0 Å². The van der Waals surface area contributed by atoms with Crippen LogP contribution in [0, 0.1) is 13.8 Å². The van der Waals surface area contributed by atoms with Gasteiger partial charge in [0.2, 0.25) is 0 Å². The van der Waals surface area contributed by atoms with Crippen LogP contribution in [0.5, 0.6) is 0 Å². The van der Waals surface area contributed by atoms with E-state index in [1.165, 1.54) is 16.7 Å². The molecule has 0 amide bonds. The first-order chi connectivity index (χ1) is 9.63. The molecular formula is C17H19N3. The fourth-order valence-corrected chi connectivity index (χ4v) is 2.83. The zero-order valence-electron chi connectivity index (χ0n) is 12.1. The molecule has 0 saturated carbocycles. The maximum atomic E-state index is 5.82. The molecule has 3 nitrogen and oxygen atoms in total. The molecule has 1 heterocycles. The van der Waals surface area contributed by atoms with Crippen molar-refractivity contribution in [1.82, 2.24) is 9.55 Å². The summed E-state index contributed by atoms with van der Waals surface area (Å²) < 4.78 is 2.16. The highest BCUT2D eigenvalue weighted by Gasteiger charge is 2.15. The molecule has 2 N–H and O–H groups in total. The number of nitrogens with zero attached hydrogens (tertiary/aromatic N) is 2. The molecule has 1 aromatic heterocycles. The molecule has 3 aromatic rings. The van der Waals surface area contributed by atoms with Crippen LogP contribution < -0.4 is 5.73 Å². The Morgan fingerprint density at radius 3 is 2.35 bits per heavy atom. The molecule has 0 radical (unpaired) electrons. The van der Waals surface area contributed by atoms with Gasteiger partial charge in [-0.1, -0.05) is 30.3 Å². The Balaban J connectivity index is 2.36. The summed E-state index contributed by atoms with van der Waals surface area (Å²) in [6, 6.07) is 12.5. The lowest BCUT2D eigenvalue weighted by atomic mass is 10.0. The lowest BCUT2D eigenvalue weighted by Gasteiger charge is -2.09. The summed E-state index contributed by atoms with van der Waals surface area (Å²) in [5, 5.41) is 0. The SMILES string of the molecule is Cc1cccc(C)c1-c1nc2c(CN)cccc2n1C. The molecule has 3 rings (SSSR count). The van der Waals surface area contributed by atoms with E-state index in [1.54, 1.807) is 0 Å². The van der Waals surface area contributed by atoms with Gasteiger partial charge < -0.3 is 10.3 Å². The average Bonchev–Trinajstić information content (AvgIpc) is 2.76. The predicted octanol–water partition coefficient (Wildman–Crippen LogP) is 3.32. The zero-order valence-corrected chi connectivity index (χ0v) is 12.1. The Bertz CT molecular complexity index is 764. The van der Waals surface area contributed by atoms with Crippen LogP contribution >= 0.6 is 0 Å². The van der Waals surface area contributed by atoms with E-state index in [0.717, 1.165) is 22.4 Å². The van der Waals surface area contributed by atoms with Crippen molar-refractivity contribution in [2.75, 3.05) is 0 Å². The second kappa shape index (κ2) is 4.76. The van der Waals surface area contributed by atoms with E-state index in [1.807, 2.05) is 12.1 Å². The molecule has 0 atom stereocenters. The molecule has 0 bridgehead atoms. The van der Waals surface area contributed by atoms with Gasteiger partial charge in [-0.2, -0.15) is 0 Å². The van der Waals surface area contributed by atoms with Gasteiger partial charge in [0.15, 0.2) is 0 Å². The molecule has 102 valence electrons. The fraction of sp³-hybridized carbons (Fsp3) is 0.235. The molecule has 3 heteroatoms. The number of hydrogen-bond acceptors (Lipinski definition) is 2. The Morgan fingerprint density at radius 1 is 1.05 bits per heavy atom. The lowest BCUT2D eigenvalue weighted by molar-refractivity contribution is 0.955. The van der Waals surface area contributed by atoms with Gasteiger partial charge >= 0.3 is 0 Å². The Morgan fingerprint density at radius 2 is 1.70 bits per heavy atom. The summed E-state index contributed by atoms with van der Waals surface area (Å²) in [6.07, 6.45) is 0. The second-order valence-electron chi connectivity index (χ2n) is 5.25. The Kier molecular flexibility index (Phi) is 3.07. The normalized spacial score (nSPS) is 11.2. The van der Waals surface area contributed by atoms with Gasteiger partial charge in [0.1, 0.15) is 5.82 Å². The van der Waals surface area contributed by atoms with Crippen LogP contribution in [0.1, 0.15) is 16.7 Å². The van der Waals surface area contributed by atoms with Crippen LogP contribution in [0.3, 0.4) is 0 Å². The third kappa shape index (κ3) is 1.82. The summed E-state index contributed by atoms with van der Waals surface area (Å²) in [5.74, 6) is 1.01. The van der Waals surface area contributed by atoms with E-state index in [2.05, 4.69) is 49.7 Å². The fourth-order valence-electron chi connectivity index (χ4n) is 2.83. The second-order valence-corrected chi connectivity index (χ2v) is 5.25. The van der Waals surface area contributed by atoms with E-state index in [9.17, 15) is 0 Å². The van der Waals surface area contributed by atoms with E-state index >= 15 is 0 Å². The molecule has 0 aliphatic carbocycles. The van der Waals surface area contributed by atoms with Gasteiger partial charge in [-0.25, -0.2) is 4.98 Å². The van der Waals surface area contributed by atoms with Crippen LogP contribution in [0.2, 0.25) is 0 Å². The highest BCUT2D eigenvalue weighted by molar-refractivity contribution is 5.84. The first-order valence-electron chi connectivity index (χ1n) is 6.84.